The normalized spacial score (nSPS) is 10.1. The number of aliphatic hydroxyl groups excluding tert-OH is 1. The Morgan fingerprint density at radius 1 is 1.43 bits per heavy atom. The van der Waals surface area contributed by atoms with Crippen molar-refractivity contribution in [1.82, 2.24) is 0 Å². The summed E-state index contributed by atoms with van der Waals surface area (Å²) in [4.78, 5) is 0. The number of hydrogen-bond acceptors (Lipinski definition) is 3. The van der Waals surface area contributed by atoms with Gasteiger partial charge >= 0.3 is 0 Å². The largest absolute Gasteiger partial charge is 0.397 e. The highest BCUT2D eigenvalue weighted by molar-refractivity contribution is 6.18. The summed E-state index contributed by atoms with van der Waals surface area (Å²) in [7, 11) is 0. The monoisotopic (exact) mass is 214 g/mol. The smallest absolute Gasteiger partial charge is 0.0604 e. The van der Waals surface area contributed by atoms with Gasteiger partial charge in [0.25, 0.3) is 0 Å². The summed E-state index contributed by atoms with van der Waals surface area (Å²) in [5.74, 6) is 0.600. The Morgan fingerprint density at radius 3 is 2.79 bits per heavy atom. The second-order valence-electron chi connectivity index (χ2n) is 3.01. The second kappa shape index (κ2) is 5.73. The van der Waals surface area contributed by atoms with Crippen molar-refractivity contribution in [3.8, 4) is 0 Å². The fourth-order valence-electron chi connectivity index (χ4n) is 1.23. The van der Waals surface area contributed by atoms with Crippen LogP contribution in [-0.2, 0) is 6.42 Å². The minimum atomic E-state index is 0.100. The number of hydrogen-bond donors (Lipinski definition) is 3. The van der Waals surface area contributed by atoms with Crippen LogP contribution in [0.1, 0.15) is 5.56 Å². The lowest BCUT2D eigenvalue weighted by atomic mass is 10.1. The molecule has 0 atom stereocenters. The zero-order valence-corrected chi connectivity index (χ0v) is 8.72. The van der Waals surface area contributed by atoms with E-state index >= 15 is 0 Å². The molecule has 0 aliphatic heterocycles. The van der Waals surface area contributed by atoms with E-state index in [0.29, 0.717) is 18.1 Å². The van der Waals surface area contributed by atoms with Crippen molar-refractivity contribution >= 4 is 23.0 Å². The fraction of sp³-hybridized carbons (Fsp3) is 0.400. The Balaban J connectivity index is 2.68. The Bertz CT molecular complexity index is 291. The number of nitrogens with two attached hydrogens (primary N) is 1. The number of aryl methyl sites for hydroxylation is 1. The number of rotatable bonds is 5. The van der Waals surface area contributed by atoms with Crippen molar-refractivity contribution in [2.24, 2.45) is 0 Å². The molecular weight excluding hydrogens is 200 g/mol. The lowest BCUT2D eigenvalue weighted by Crippen LogP contribution is -2.07. The highest BCUT2D eigenvalue weighted by Crippen LogP contribution is 2.19. The van der Waals surface area contributed by atoms with Crippen LogP contribution in [0.25, 0.3) is 0 Å². The van der Waals surface area contributed by atoms with Gasteiger partial charge in [-0.2, -0.15) is 0 Å². The van der Waals surface area contributed by atoms with Gasteiger partial charge in [0.15, 0.2) is 0 Å². The van der Waals surface area contributed by atoms with Crippen LogP contribution in [-0.4, -0.2) is 24.1 Å². The maximum atomic E-state index is 8.64. The van der Waals surface area contributed by atoms with E-state index < -0.39 is 0 Å². The summed E-state index contributed by atoms with van der Waals surface area (Å²) in [6.45, 7) is 0.613. The fourth-order valence-corrected chi connectivity index (χ4v) is 1.45. The molecule has 78 valence electrons. The summed E-state index contributed by atoms with van der Waals surface area (Å²) in [5.41, 5.74) is 8.49. The molecule has 1 aromatic carbocycles. The Morgan fingerprint density at radius 2 is 2.21 bits per heavy atom. The van der Waals surface area contributed by atoms with E-state index in [4.69, 9.17) is 22.4 Å². The Kier molecular flexibility index (Phi) is 4.56. The van der Waals surface area contributed by atoms with E-state index in [1.54, 1.807) is 0 Å². The van der Waals surface area contributed by atoms with Gasteiger partial charge in [0, 0.05) is 12.4 Å². The van der Waals surface area contributed by atoms with Crippen LogP contribution in [0.3, 0.4) is 0 Å². The van der Waals surface area contributed by atoms with Gasteiger partial charge in [0.1, 0.15) is 0 Å². The van der Waals surface area contributed by atoms with Gasteiger partial charge in [-0.3, -0.25) is 0 Å². The number of halogens is 1. The van der Waals surface area contributed by atoms with E-state index in [2.05, 4.69) is 5.32 Å². The summed E-state index contributed by atoms with van der Waals surface area (Å²) < 4.78 is 0. The molecule has 0 heterocycles. The summed E-state index contributed by atoms with van der Waals surface area (Å²) >= 11 is 5.62. The minimum absolute atomic E-state index is 0.100. The molecule has 4 heteroatoms. The van der Waals surface area contributed by atoms with Gasteiger partial charge < -0.3 is 16.2 Å². The standard InChI is InChI=1S/C10H15ClN2O/c11-4-3-8-1-2-10(9(12)7-8)13-5-6-14/h1-2,7,13-14H,3-6,12H2. The van der Waals surface area contributed by atoms with Crippen LogP contribution in [0.2, 0.25) is 0 Å². The van der Waals surface area contributed by atoms with E-state index in [9.17, 15) is 0 Å². The molecule has 0 bridgehead atoms. The third-order valence-electron chi connectivity index (χ3n) is 1.93. The molecule has 0 spiro atoms. The van der Waals surface area contributed by atoms with Crippen molar-refractivity contribution in [1.29, 1.82) is 0 Å². The van der Waals surface area contributed by atoms with Crippen LogP contribution in [0.4, 0.5) is 11.4 Å². The highest BCUT2D eigenvalue weighted by Gasteiger charge is 1.99. The highest BCUT2D eigenvalue weighted by atomic mass is 35.5. The second-order valence-corrected chi connectivity index (χ2v) is 3.39. The molecule has 0 saturated carbocycles. The predicted octanol–water partition coefficient (Wildman–Crippen LogP) is 1.45. The Hall–Kier alpha value is -0.930. The van der Waals surface area contributed by atoms with E-state index in [-0.39, 0.29) is 6.61 Å². The average Bonchev–Trinajstić information content (AvgIpc) is 2.17. The van der Waals surface area contributed by atoms with Crippen LogP contribution in [0.15, 0.2) is 18.2 Å². The number of aliphatic hydroxyl groups is 1. The molecule has 1 rings (SSSR count). The third-order valence-corrected chi connectivity index (χ3v) is 2.12. The first-order valence-electron chi connectivity index (χ1n) is 4.57. The maximum absolute atomic E-state index is 8.64. The van der Waals surface area contributed by atoms with Crippen molar-refractivity contribution in [3.05, 3.63) is 23.8 Å². The van der Waals surface area contributed by atoms with Gasteiger partial charge in [-0.05, 0) is 24.1 Å². The van der Waals surface area contributed by atoms with Crippen LogP contribution >= 0.6 is 11.6 Å². The molecule has 1 aromatic rings. The van der Waals surface area contributed by atoms with Gasteiger partial charge in [0.05, 0.1) is 18.0 Å². The zero-order chi connectivity index (χ0) is 10.4. The molecule has 0 aliphatic carbocycles. The number of alkyl halides is 1. The Labute approximate surface area is 88.9 Å². The van der Waals surface area contributed by atoms with Gasteiger partial charge in [0.2, 0.25) is 0 Å². The molecule has 4 N–H and O–H groups in total. The number of benzene rings is 1. The first kappa shape index (κ1) is 11.1. The molecule has 3 nitrogen and oxygen atoms in total. The molecule has 0 radical (unpaired) electrons. The molecular formula is C10H15ClN2O. The van der Waals surface area contributed by atoms with Crippen molar-refractivity contribution < 1.29 is 5.11 Å². The molecule has 0 aliphatic rings. The lowest BCUT2D eigenvalue weighted by molar-refractivity contribution is 0.311. The van der Waals surface area contributed by atoms with E-state index in [1.807, 2.05) is 18.2 Å². The third kappa shape index (κ3) is 3.09. The van der Waals surface area contributed by atoms with Crippen molar-refractivity contribution in [2.45, 2.75) is 6.42 Å². The van der Waals surface area contributed by atoms with Gasteiger partial charge in [-0.25, -0.2) is 0 Å². The first-order chi connectivity index (χ1) is 6.77. The molecule has 0 unspecified atom stereocenters. The molecule has 0 fully saturated rings. The SMILES string of the molecule is Nc1cc(CCCl)ccc1NCCO. The summed E-state index contributed by atoms with van der Waals surface area (Å²) in [6, 6.07) is 5.80. The van der Waals surface area contributed by atoms with E-state index in [0.717, 1.165) is 17.7 Å². The molecule has 14 heavy (non-hydrogen) atoms. The molecule has 0 amide bonds. The van der Waals surface area contributed by atoms with Gasteiger partial charge in [-0.1, -0.05) is 6.07 Å². The van der Waals surface area contributed by atoms with Crippen molar-refractivity contribution in [3.63, 3.8) is 0 Å². The average molecular weight is 215 g/mol. The minimum Gasteiger partial charge on any atom is -0.397 e. The van der Waals surface area contributed by atoms with Crippen LogP contribution < -0.4 is 11.1 Å². The van der Waals surface area contributed by atoms with E-state index in [1.165, 1.54) is 0 Å². The summed E-state index contributed by atoms with van der Waals surface area (Å²) in [5, 5.41) is 11.7. The van der Waals surface area contributed by atoms with Crippen molar-refractivity contribution in [2.75, 3.05) is 30.1 Å². The van der Waals surface area contributed by atoms with Crippen LogP contribution in [0, 0.1) is 0 Å². The van der Waals surface area contributed by atoms with Crippen LogP contribution in [0.5, 0.6) is 0 Å². The predicted molar refractivity (Wildman–Crippen MR) is 60.9 cm³/mol. The molecule has 0 aromatic heterocycles. The maximum Gasteiger partial charge on any atom is 0.0604 e. The number of nitrogen functional groups attached to an aromatic ring is 1. The lowest BCUT2D eigenvalue weighted by Gasteiger charge is -2.09. The first-order valence-corrected chi connectivity index (χ1v) is 5.10. The topological polar surface area (TPSA) is 58.3 Å². The quantitative estimate of drug-likeness (QED) is 0.514. The number of nitrogens with one attached hydrogen (secondary N) is 1. The summed E-state index contributed by atoms with van der Waals surface area (Å²) in [6.07, 6.45) is 0.825. The zero-order valence-electron chi connectivity index (χ0n) is 7.96. The van der Waals surface area contributed by atoms with Gasteiger partial charge in [-0.15, -0.1) is 11.6 Å². The molecule has 0 saturated heterocycles. The number of anilines is 2.